The fourth-order valence-corrected chi connectivity index (χ4v) is 6.50. The Morgan fingerprint density at radius 1 is 0.845 bits per heavy atom. The first kappa shape index (κ1) is 45.6. The first-order valence-electron chi connectivity index (χ1n) is 17.6. The molecule has 5 aromatic rings. The van der Waals surface area contributed by atoms with E-state index in [9.17, 15) is 26.0 Å². The van der Waals surface area contributed by atoms with Crippen LogP contribution in [0.1, 0.15) is 12.8 Å². The van der Waals surface area contributed by atoms with Gasteiger partial charge in [0, 0.05) is 57.1 Å². The van der Waals surface area contributed by atoms with Crippen LogP contribution < -0.4 is 15.4 Å². The summed E-state index contributed by atoms with van der Waals surface area (Å²) in [6, 6.07) is 22.7. The van der Waals surface area contributed by atoms with Crippen LogP contribution in [0.25, 0.3) is 10.9 Å². The minimum Gasteiger partial charge on any atom is -0.489 e. The number of hydrogen-bond donors (Lipinski definition) is 4. The van der Waals surface area contributed by atoms with Crippen molar-refractivity contribution in [3.63, 3.8) is 0 Å². The summed E-state index contributed by atoms with van der Waals surface area (Å²) in [6.45, 7) is 4.05. The zero-order valence-corrected chi connectivity index (χ0v) is 33.9. The lowest BCUT2D eigenvalue weighted by Crippen LogP contribution is -2.33. The van der Waals surface area contributed by atoms with Gasteiger partial charge in [0.1, 0.15) is 30.3 Å². The van der Waals surface area contributed by atoms with Crippen molar-refractivity contribution in [3.05, 3.63) is 120 Å². The number of hydrogen-bond acceptors (Lipinski definition) is 12. The van der Waals surface area contributed by atoms with Gasteiger partial charge in [-0.05, 0) is 61.4 Å². The monoisotopic (exact) mass is 859 g/mol. The summed E-state index contributed by atoms with van der Waals surface area (Å²) in [4.78, 5) is 23.9. The molecule has 2 heterocycles. The maximum atomic E-state index is 13.6. The van der Waals surface area contributed by atoms with Crippen molar-refractivity contribution in [3.8, 4) is 5.75 Å². The number of carbonyl (C=O) groups excluding carboxylic acids is 1. The summed E-state index contributed by atoms with van der Waals surface area (Å²) in [7, 11) is -4.72. The Morgan fingerprint density at radius 2 is 1.45 bits per heavy atom. The molecular formula is C39H43ClFN5O10S2. The van der Waals surface area contributed by atoms with Gasteiger partial charge >= 0.3 is 0 Å². The molecular weight excluding hydrogens is 817 g/mol. The molecule has 1 fully saturated rings. The van der Waals surface area contributed by atoms with E-state index < -0.39 is 26.1 Å². The average Bonchev–Trinajstić information content (AvgIpc) is 3.20. The minimum atomic E-state index is -4.00. The number of halogens is 2. The first-order valence-corrected chi connectivity index (χ1v) is 20.8. The number of fused-ring (bicyclic) bond motifs is 1. The third kappa shape index (κ3) is 14.7. The Balaban J connectivity index is 0.000000301. The molecule has 0 radical (unpaired) electrons. The van der Waals surface area contributed by atoms with Crippen LogP contribution in [0.15, 0.2) is 119 Å². The molecule has 15 nitrogen and oxygen atoms in total. The highest BCUT2D eigenvalue weighted by atomic mass is 35.5. The second kappa shape index (κ2) is 22.2. The molecule has 4 N–H and O–H groups in total. The maximum absolute atomic E-state index is 13.6. The predicted molar refractivity (Wildman–Crippen MR) is 218 cm³/mol. The molecule has 1 saturated heterocycles. The Bertz CT molecular complexity index is 2300. The lowest BCUT2D eigenvalue weighted by molar-refractivity contribution is -0.112. The molecule has 1 aromatic heterocycles. The lowest BCUT2D eigenvalue weighted by atomic mass is 10.0. The van der Waals surface area contributed by atoms with Gasteiger partial charge in [-0.1, -0.05) is 53.6 Å². The van der Waals surface area contributed by atoms with Gasteiger partial charge < -0.3 is 29.7 Å². The average molecular weight is 860 g/mol. The van der Waals surface area contributed by atoms with Crippen molar-refractivity contribution >= 4 is 65.8 Å². The van der Waals surface area contributed by atoms with Crippen LogP contribution >= 0.6 is 11.6 Å². The quantitative estimate of drug-likeness (QED) is 0.0555. The number of amides is 1. The van der Waals surface area contributed by atoms with Crippen LogP contribution in [0.2, 0.25) is 5.02 Å². The van der Waals surface area contributed by atoms with Crippen LogP contribution in [0, 0.1) is 5.82 Å². The molecule has 0 atom stereocenters. The van der Waals surface area contributed by atoms with Gasteiger partial charge in [0.25, 0.3) is 20.2 Å². The van der Waals surface area contributed by atoms with Crippen LogP contribution in [0.4, 0.5) is 21.6 Å². The van der Waals surface area contributed by atoms with Gasteiger partial charge in [-0.2, -0.15) is 16.8 Å². The van der Waals surface area contributed by atoms with Crippen LogP contribution in [0.5, 0.6) is 5.75 Å². The second-order valence-electron chi connectivity index (χ2n) is 12.4. The molecule has 0 unspecified atom stereocenters. The number of rotatable bonds is 13. The minimum absolute atomic E-state index is 0.00675. The Labute approximate surface area is 341 Å². The van der Waals surface area contributed by atoms with Crippen molar-refractivity contribution in [1.82, 2.24) is 14.9 Å². The Kier molecular flexibility index (Phi) is 17.5. The van der Waals surface area contributed by atoms with E-state index in [2.05, 4.69) is 25.5 Å². The smallest absolute Gasteiger partial charge is 0.294 e. The molecule has 4 aromatic carbocycles. The third-order valence-corrected chi connectivity index (χ3v) is 10.3. The topological polar surface area (TPSA) is 207 Å². The molecule has 310 valence electrons. The van der Waals surface area contributed by atoms with Crippen molar-refractivity contribution in [1.29, 1.82) is 0 Å². The molecule has 1 amide bonds. The normalized spacial score (nSPS) is 13.0. The third-order valence-electron chi connectivity index (χ3n) is 8.25. The maximum Gasteiger partial charge on any atom is 0.294 e. The Hall–Kier alpha value is -5.05. The van der Waals surface area contributed by atoms with E-state index in [0.29, 0.717) is 53.7 Å². The van der Waals surface area contributed by atoms with E-state index in [0.717, 1.165) is 38.0 Å². The number of likely N-dealkylation sites (tertiary alicyclic amines) is 1. The zero-order chi connectivity index (χ0) is 42.1. The summed E-state index contributed by atoms with van der Waals surface area (Å²) in [6.07, 6.45) is 4.73. The standard InChI is InChI=1S/C27H31ClFN5O4.2C6H6O3S/c1-36-10-9-34-7-5-18(6-8-34)13-26(35)33-24-15-20-23(16-25(24)38-12-11-37-2)30-17-31-27(20)32-19-3-4-22(29)21(28)14-19;2*7-10(8,9)6-4-2-1-3-5-6/h3-4,13-17H,5-12H2,1-2H3,(H,33,35)(H,30,31,32);2*1-5H,(H,7,8,9). The van der Waals surface area contributed by atoms with Crippen LogP contribution in [-0.4, -0.2) is 100 Å². The second-order valence-corrected chi connectivity index (χ2v) is 15.6. The summed E-state index contributed by atoms with van der Waals surface area (Å²) >= 11 is 5.94. The highest BCUT2D eigenvalue weighted by Gasteiger charge is 2.17. The van der Waals surface area contributed by atoms with Gasteiger partial charge in [0.2, 0.25) is 5.91 Å². The van der Waals surface area contributed by atoms with E-state index >= 15 is 0 Å². The molecule has 19 heteroatoms. The van der Waals surface area contributed by atoms with Crippen LogP contribution in [0.3, 0.4) is 0 Å². The van der Waals surface area contributed by atoms with Gasteiger partial charge in [-0.3, -0.25) is 13.9 Å². The number of anilines is 3. The van der Waals surface area contributed by atoms with Gasteiger partial charge in [-0.15, -0.1) is 0 Å². The van der Waals surface area contributed by atoms with Crippen molar-refractivity contribution in [2.45, 2.75) is 22.6 Å². The number of piperidine rings is 1. The summed E-state index contributed by atoms with van der Waals surface area (Å²) < 4.78 is 88.2. The van der Waals surface area contributed by atoms with Gasteiger partial charge in [-0.25, -0.2) is 14.4 Å². The predicted octanol–water partition coefficient (Wildman–Crippen LogP) is 6.66. The number of ether oxygens (including phenoxy) is 3. The van der Waals surface area contributed by atoms with E-state index in [4.69, 9.17) is 34.9 Å². The summed E-state index contributed by atoms with van der Waals surface area (Å²) in [5.41, 5.74) is 2.73. The largest absolute Gasteiger partial charge is 0.489 e. The molecule has 1 aliphatic rings. The SMILES string of the molecule is COCCOc1cc2ncnc(Nc3ccc(F)c(Cl)c3)c2cc1NC(=O)C=C1CCN(CCOC)CC1.O=S(=O)(O)c1ccccc1.O=S(=O)(O)c1ccccc1. The molecule has 6 rings (SSSR count). The number of nitrogens with one attached hydrogen (secondary N) is 2. The van der Waals surface area contributed by atoms with E-state index in [1.165, 1.54) is 42.7 Å². The number of benzene rings is 4. The molecule has 0 spiro atoms. The summed E-state index contributed by atoms with van der Waals surface area (Å²) in [5, 5.41) is 6.75. The molecule has 0 bridgehead atoms. The van der Waals surface area contributed by atoms with Crippen LogP contribution in [-0.2, 0) is 34.5 Å². The van der Waals surface area contributed by atoms with E-state index in [1.807, 2.05) is 0 Å². The zero-order valence-electron chi connectivity index (χ0n) is 31.5. The number of carbonyl (C=O) groups is 1. The molecule has 0 aliphatic carbocycles. The highest BCUT2D eigenvalue weighted by Crippen LogP contribution is 2.34. The van der Waals surface area contributed by atoms with Gasteiger partial charge in [0.15, 0.2) is 0 Å². The molecule has 58 heavy (non-hydrogen) atoms. The molecule has 1 aliphatic heterocycles. The summed E-state index contributed by atoms with van der Waals surface area (Å²) in [5.74, 6) is 0.184. The van der Waals surface area contributed by atoms with E-state index in [-0.39, 0.29) is 20.7 Å². The lowest BCUT2D eigenvalue weighted by Gasteiger charge is -2.27. The number of aromatic nitrogens is 2. The molecule has 0 saturated carbocycles. The Morgan fingerprint density at radius 3 is 1.98 bits per heavy atom. The first-order chi connectivity index (χ1) is 27.7. The van der Waals surface area contributed by atoms with Crippen molar-refractivity contribution in [2.75, 3.05) is 64.3 Å². The number of nitrogens with zero attached hydrogens (tertiary/aromatic N) is 3. The van der Waals surface area contributed by atoms with Crippen molar-refractivity contribution in [2.24, 2.45) is 0 Å². The number of methoxy groups -OCH3 is 2. The highest BCUT2D eigenvalue weighted by molar-refractivity contribution is 7.86. The van der Waals surface area contributed by atoms with E-state index in [1.54, 1.807) is 74.9 Å². The fraction of sp³-hybridized carbons (Fsp3) is 0.256. The van der Waals surface area contributed by atoms with Gasteiger partial charge in [0.05, 0.1) is 39.2 Å². The fourth-order valence-electron chi connectivity index (χ4n) is 5.31. The van der Waals surface area contributed by atoms with Crippen molar-refractivity contribution < 1.29 is 49.3 Å².